The highest BCUT2D eigenvalue weighted by atomic mass is 32.1. The van der Waals surface area contributed by atoms with E-state index in [1.807, 2.05) is 13.8 Å². The molecule has 3 rings (SSSR count). The second kappa shape index (κ2) is 7.55. The van der Waals surface area contributed by atoms with E-state index in [4.69, 9.17) is 0 Å². The van der Waals surface area contributed by atoms with Gasteiger partial charge in [-0.05, 0) is 24.5 Å². The number of rotatable bonds is 6. The minimum absolute atomic E-state index is 0.0427. The zero-order chi connectivity index (χ0) is 19.7. The average molecular weight is 395 g/mol. The molecule has 0 atom stereocenters. The van der Waals surface area contributed by atoms with Gasteiger partial charge in [-0.15, -0.1) is 11.3 Å². The minimum atomic E-state index is -2.71. The van der Waals surface area contributed by atoms with Gasteiger partial charge in [-0.25, -0.2) is 13.9 Å². The maximum atomic E-state index is 13.1. The molecule has 3 heterocycles. The molecule has 3 aromatic heterocycles. The maximum absolute atomic E-state index is 13.1. The molecule has 0 aliphatic heterocycles. The van der Waals surface area contributed by atoms with Gasteiger partial charge in [-0.1, -0.05) is 13.8 Å². The van der Waals surface area contributed by atoms with E-state index in [1.54, 1.807) is 7.05 Å². The Morgan fingerprint density at radius 3 is 2.70 bits per heavy atom. The number of thiophene rings is 1. The lowest BCUT2D eigenvalue weighted by Crippen LogP contribution is -2.29. The summed E-state index contributed by atoms with van der Waals surface area (Å²) in [5.41, 5.74) is 1.39. The largest absolute Gasteiger partial charge is 0.347 e. The smallest absolute Gasteiger partial charge is 0.282 e. The Labute approximate surface area is 157 Å². The zero-order valence-electron chi connectivity index (χ0n) is 15.1. The second-order valence-corrected chi connectivity index (χ2v) is 7.02. The molecule has 0 spiro atoms. The van der Waals surface area contributed by atoms with E-state index < -0.39 is 12.3 Å². The van der Waals surface area contributed by atoms with Crippen LogP contribution in [-0.4, -0.2) is 25.9 Å². The van der Waals surface area contributed by atoms with Crippen LogP contribution in [0.4, 0.5) is 8.78 Å². The van der Waals surface area contributed by atoms with Crippen molar-refractivity contribution in [3.8, 4) is 0 Å². The summed E-state index contributed by atoms with van der Waals surface area (Å²) in [6.07, 6.45) is -1.42. The molecule has 2 N–H and O–H groups in total. The van der Waals surface area contributed by atoms with Gasteiger partial charge in [0.2, 0.25) is 0 Å². The number of halogens is 2. The highest BCUT2D eigenvalue weighted by molar-refractivity contribution is 7.20. The molecule has 10 heteroatoms. The number of hydrogen-bond acceptors (Lipinski definition) is 5. The third-order valence-electron chi connectivity index (χ3n) is 4.36. The highest BCUT2D eigenvalue weighted by Gasteiger charge is 2.22. The summed E-state index contributed by atoms with van der Waals surface area (Å²) >= 11 is 1.08. The first-order chi connectivity index (χ1) is 12.9. The van der Waals surface area contributed by atoms with Crippen molar-refractivity contribution in [2.45, 2.75) is 39.7 Å². The number of hydrogen-bond donors (Lipinski definition) is 2. The van der Waals surface area contributed by atoms with Gasteiger partial charge in [0.05, 0.1) is 10.6 Å². The lowest BCUT2D eigenvalue weighted by molar-refractivity contribution is 0.0954. The molecule has 27 heavy (non-hydrogen) atoms. The Kier molecular flexibility index (Phi) is 5.36. The molecule has 144 valence electrons. The van der Waals surface area contributed by atoms with Gasteiger partial charge in [0.1, 0.15) is 10.5 Å². The van der Waals surface area contributed by atoms with Crippen LogP contribution < -0.4 is 10.9 Å². The summed E-state index contributed by atoms with van der Waals surface area (Å²) < 4.78 is 27.5. The third-order valence-corrected chi connectivity index (χ3v) is 5.56. The lowest BCUT2D eigenvalue weighted by atomic mass is 10.0. The lowest BCUT2D eigenvalue weighted by Gasteiger charge is -2.11. The molecule has 0 radical (unpaired) electrons. The van der Waals surface area contributed by atoms with Crippen molar-refractivity contribution in [1.29, 1.82) is 0 Å². The molecule has 1 amide bonds. The van der Waals surface area contributed by atoms with Crippen LogP contribution in [0.25, 0.3) is 10.2 Å². The van der Waals surface area contributed by atoms with E-state index in [0.717, 1.165) is 22.6 Å². The molecule has 3 aromatic rings. The summed E-state index contributed by atoms with van der Waals surface area (Å²) in [5.74, 6) is -0.423. The van der Waals surface area contributed by atoms with E-state index in [-0.39, 0.29) is 23.2 Å². The molecule has 0 bridgehead atoms. The zero-order valence-corrected chi connectivity index (χ0v) is 15.9. The number of aromatic nitrogens is 4. The van der Waals surface area contributed by atoms with Gasteiger partial charge < -0.3 is 5.32 Å². The maximum Gasteiger partial charge on any atom is 0.282 e. The predicted octanol–water partition coefficient (Wildman–Crippen LogP) is 2.71. The van der Waals surface area contributed by atoms with Crippen molar-refractivity contribution in [3.05, 3.63) is 43.8 Å². The van der Waals surface area contributed by atoms with Crippen LogP contribution in [0.1, 0.15) is 52.5 Å². The normalized spacial score (nSPS) is 11.5. The first kappa shape index (κ1) is 19.2. The van der Waals surface area contributed by atoms with Gasteiger partial charge in [0.15, 0.2) is 0 Å². The van der Waals surface area contributed by atoms with Crippen molar-refractivity contribution in [2.75, 3.05) is 0 Å². The van der Waals surface area contributed by atoms with Gasteiger partial charge in [0.25, 0.3) is 17.9 Å². The molecular formula is C17H19F2N5O2S. The van der Waals surface area contributed by atoms with Gasteiger partial charge in [-0.3, -0.25) is 14.3 Å². The quantitative estimate of drug-likeness (QED) is 0.671. The van der Waals surface area contributed by atoms with Crippen molar-refractivity contribution in [1.82, 2.24) is 25.3 Å². The number of alkyl halides is 2. The molecule has 7 nitrogen and oxygen atoms in total. The molecule has 0 fully saturated rings. The Hall–Kier alpha value is -2.62. The van der Waals surface area contributed by atoms with Crippen LogP contribution in [0.15, 0.2) is 10.9 Å². The Morgan fingerprint density at radius 1 is 1.33 bits per heavy atom. The Bertz CT molecular complexity index is 1050. The van der Waals surface area contributed by atoms with E-state index in [1.165, 1.54) is 10.7 Å². The molecule has 0 saturated carbocycles. The van der Waals surface area contributed by atoms with Crippen LogP contribution in [0.2, 0.25) is 0 Å². The second-order valence-electron chi connectivity index (χ2n) is 5.99. The summed E-state index contributed by atoms with van der Waals surface area (Å²) in [7, 11) is 1.56. The van der Waals surface area contributed by atoms with Crippen molar-refractivity contribution < 1.29 is 13.6 Å². The van der Waals surface area contributed by atoms with Gasteiger partial charge in [-0.2, -0.15) is 10.2 Å². The fourth-order valence-electron chi connectivity index (χ4n) is 3.06. The standard InChI is InChI=1S/C17H19F2N5O2S/c1-4-8-10(15(25)22-21-11(8)5-2)7-20-16(26)12-6-9-13(14(18)19)23-24(3)17(9)27-12/h6,14H,4-5,7H2,1-3H3,(H,20,26)(H,22,25). The fourth-order valence-corrected chi connectivity index (χ4v) is 4.05. The van der Waals surface area contributed by atoms with Crippen LogP contribution in [0, 0.1) is 0 Å². The summed E-state index contributed by atoms with van der Waals surface area (Å²) in [4.78, 5) is 25.4. The van der Waals surface area contributed by atoms with E-state index in [0.29, 0.717) is 28.1 Å². The van der Waals surface area contributed by atoms with Crippen LogP contribution in [-0.2, 0) is 26.4 Å². The number of fused-ring (bicyclic) bond motifs is 1. The van der Waals surface area contributed by atoms with Crippen LogP contribution >= 0.6 is 11.3 Å². The number of nitrogens with zero attached hydrogens (tertiary/aromatic N) is 3. The number of aryl methyl sites for hydroxylation is 2. The van der Waals surface area contributed by atoms with Crippen LogP contribution in [0.5, 0.6) is 0 Å². The number of carbonyl (C=O) groups is 1. The van der Waals surface area contributed by atoms with E-state index in [2.05, 4.69) is 20.6 Å². The fraction of sp³-hybridized carbons (Fsp3) is 0.412. The molecule has 0 aromatic carbocycles. The highest BCUT2D eigenvalue weighted by Crippen LogP contribution is 2.32. The number of nitrogens with one attached hydrogen (secondary N) is 2. The molecule has 0 aliphatic carbocycles. The average Bonchev–Trinajstić information content (AvgIpc) is 3.20. The molecular weight excluding hydrogens is 376 g/mol. The predicted molar refractivity (Wildman–Crippen MR) is 98.3 cm³/mol. The number of carbonyl (C=O) groups excluding carboxylic acids is 1. The molecule has 0 aliphatic rings. The number of aromatic amines is 1. The molecule has 0 unspecified atom stereocenters. The number of H-pyrrole nitrogens is 1. The SMILES string of the molecule is CCc1n[nH]c(=O)c(CNC(=O)c2cc3c(C(F)F)nn(C)c3s2)c1CC. The Morgan fingerprint density at radius 2 is 2.07 bits per heavy atom. The topological polar surface area (TPSA) is 92.7 Å². The van der Waals surface area contributed by atoms with Gasteiger partial charge >= 0.3 is 0 Å². The van der Waals surface area contributed by atoms with Crippen molar-refractivity contribution in [3.63, 3.8) is 0 Å². The summed E-state index contributed by atoms with van der Waals surface area (Å²) in [5, 5.41) is 13.3. The van der Waals surface area contributed by atoms with Crippen LogP contribution in [0.3, 0.4) is 0 Å². The summed E-state index contributed by atoms with van der Waals surface area (Å²) in [6, 6.07) is 1.42. The van der Waals surface area contributed by atoms with Gasteiger partial charge in [0, 0.05) is 24.5 Å². The summed E-state index contributed by atoms with van der Waals surface area (Å²) in [6.45, 7) is 3.90. The van der Waals surface area contributed by atoms with E-state index in [9.17, 15) is 18.4 Å². The molecule has 0 saturated heterocycles. The Balaban J connectivity index is 1.86. The van der Waals surface area contributed by atoms with Crippen molar-refractivity contribution >= 4 is 27.5 Å². The first-order valence-electron chi connectivity index (χ1n) is 8.49. The first-order valence-corrected chi connectivity index (χ1v) is 9.31. The number of amides is 1. The van der Waals surface area contributed by atoms with E-state index >= 15 is 0 Å². The minimum Gasteiger partial charge on any atom is -0.347 e. The third kappa shape index (κ3) is 3.48. The monoisotopic (exact) mass is 395 g/mol. The van der Waals surface area contributed by atoms with Crippen molar-refractivity contribution in [2.24, 2.45) is 7.05 Å².